The Bertz CT molecular complexity index is 475. The monoisotopic (exact) mass is 281 g/mol. The first-order valence-electron chi connectivity index (χ1n) is 6.06. The lowest BCUT2D eigenvalue weighted by molar-refractivity contribution is -0.384. The minimum atomic E-state index is -0.436. The van der Waals surface area contributed by atoms with E-state index in [-0.39, 0.29) is 11.8 Å². The molecule has 1 fully saturated rings. The number of ether oxygens (including phenoxy) is 1. The number of hydrogen-bond acceptors (Lipinski definition) is 4. The smallest absolute Gasteiger partial charge is 0.271 e. The number of anilines is 1. The van der Waals surface area contributed by atoms with E-state index in [1.165, 1.54) is 12.1 Å². The molecule has 2 rings (SSSR count). The van der Waals surface area contributed by atoms with Crippen LogP contribution in [0, 0.1) is 10.1 Å². The second-order valence-electron chi connectivity index (χ2n) is 4.28. The van der Waals surface area contributed by atoms with Crippen molar-refractivity contribution in [2.24, 2.45) is 0 Å². The van der Waals surface area contributed by atoms with E-state index in [9.17, 15) is 10.1 Å². The second kappa shape index (κ2) is 6.44. The number of nitrogens with one attached hydrogen (secondary N) is 2. The van der Waals surface area contributed by atoms with Crippen LogP contribution in [0.1, 0.15) is 12.8 Å². The van der Waals surface area contributed by atoms with Crippen LogP contribution in [-0.2, 0) is 4.74 Å². The van der Waals surface area contributed by atoms with Gasteiger partial charge in [0.15, 0.2) is 5.11 Å². The fourth-order valence-corrected chi connectivity index (χ4v) is 2.09. The van der Waals surface area contributed by atoms with Crippen molar-refractivity contribution in [3.8, 4) is 0 Å². The van der Waals surface area contributed by atoms with Crippen molar-refractivity contribution in [1.82, 2.24) is 5.32 Å². The highest BCUT2D eigenvalue weighted by Crippen LogP contribution is 2.17. The Hall–Kier alpha value is -1.73. The van der Waals surface area contributed by atoms with Crippen LogP contribution in [0.15, 0.2) is 24.3 Å². The summed E-state index contributed by atoms with van der Waals surface area (Å²) in [6, 6.07) is 6.23. The Morgan fingerprint density at radius 3 is 3.11 bits per heavy atom. The normalized spacial score (nSPS) is 18.0. The summed E-state index contributed by atoms with van der Waals surface area (Å²) in [4.78, 5) is 10.2. The summed E-state index contributed by atoms with van der Waals surface area (Å²) in [5.41, 5.74) is 0.631. The number of rotatable bonds is 4. The Kier molecular flexibility index (Phi) is 4.64. The quantitative estimate of drug-likeness (QED) is 0.500. The summed E-state index contributed by atoms with van der Waals surface area (Å²) >= 11 is 5.13. The summed E-state index contributed by atoms with van der Waals surface area (Å²) in [7, 11) is 0. The number of nitrogens with zero attached hydrogens (tertiary/aromatic N) is 1. The molecule has 0 amide bonds. The van der Waals surface area contributed by atoms with Gasteiger partial charge in [-0.2, -0.15) is 0 Å². The van der Waals surface area contributed by atoms with Gasteiger partial charge < -0.3 is 15.4 Å². The first-order valence-corrected chi connectivity index (χ1v) is 6.47. The van der Waals surface area contributed by atoms with Gasteiger partial charge in [0, 0.05) is 31.0 Å². The molecule has 0 saturated carbocycles. The van der Waals surface area contributed by atoms with Crippen LogP contribution in [0.2, 0.25) is 0 Å². The molecule has 102 valence electrons. The Labute approximate surface area is 116 Å². The highest BCUT2D eigenvalue weighted by atomic mass is 32.1. The maximum Gasteiger partial charge on any atom is 0.271 e. The molecule has 1 atom stereocenters. The number of hydrogen-bond donors (Lipinski definition) is 2. The van der Waals surface area contributed by atoms with Crippen LogP contribution in [0.4, 0.5) is 11.4 Å². The Morgan fingerprint density at radius 2 is 2.42 bits per heavy atom. The molecule has 1 heterocycles. The minimum absolute atomic E-state index is 0.0342. The van der Waals surface area contributed by atoms with Crippen LogP contribution in [-0.4, -0.2) is 29.3 Å². The van der Waals surface area contributed by atoms with Gasteiger partial charge in [-0.25, -0.2) is 0 Å². The molecule has 0 spiro atoms. The number of thiocarbonyl (C=S) groups is 1. The number of non-ortho nitro benzene ring substituents is 1. The lowest BCUT2D eigenvalue weighted by atomic mass is 10.2. The van der Waals surface area contributed by atoms with Crippen LogP contribution in [0.3, 0.4) is 0 Å². The molecule has 19 heavy (non-hydrogen) atoms. The fraction of sp³-hybridized carbons (Fsp3) is 0.417. The van der Waals surface area contributed by atoms with E-state index in [1.807, 2.05) is 0 Å². The summed E-state index contributed by atoms with van der Waals surface area (Å²) in [5.74, 6) is 0. The van der Waals surface area contributed by atoms with Gasteiger partial charge in [-0.3, -0.25) is 10.1 Å². The molecule has 1 aromatic carbocycles. The van der Waals surface area contributed by atoms with E-state index < -0.39 is 4.92 Å². The van der Waals surface area contributed by atoms with Gasteiger partial charge in [0.25, 0.3) is 5.69 Å². The van der Waals surface area contributed by atoms with E-state index in [2.05, 4.69) is 10.6 Å². The van der Waals surface area contributed by atoms with Crippen LogP contribution >= 0.6 is 12.2 Å². The van der Waals surface area contributed by atoms with Crippen molar-refractivity contribution >= 4 is 28.7 Å². The average molecular weight is 281 g/mol. The van der Waals surface area contributed by atoms with E-state index in [1.54, 1.807) is 12.1 Å². The largest absolute Gasteiger partial charge is 0.376 e. The summed E-state index contributed by atoms with van der Waals surface area (Å²) in [6.07, 6.45) is 2.31. The molecule has 1 aromatic rings. The van der Waals surface area contributed by atoms with Crippen molar-refractivity contribution < 1.29 is 9.66 Å². The van der Waals surface area contributed by atoms with Crippen LogP contribution in [0.5, 0.6) is 0 Å². The molecule has 1 aliphatic heterocycles. The van der Waals surface area contributed by atoms with E-state index in [4.69, 9.17) is 17.0 Å². The zero-order valence-corrected chi connectivity index (χ0v) is 11.1. The molecule has 0 aromatic heterocycles. The molecular formula is C12H15N3O3S. The fourth-order valence-electron chi connectivity index (χ4n) is 1.88. The molecule has 2 N–H and O–H groups in total. The van der Waals surface area contributed by atoms with Crippen LogP contribution < -0.4 is 10.6 Å². The molecule has 0 bridgehead atoms. The van der Waals surface area contributed by atoms with Gasteiger partial charge in [-0.1, -0.05) is 6.07 Å². The van der Waals surface area contributed by atoms with Gasteiger partial charge in [-0.05, 0) is 31.1 Å². The van der Waals surface area contributed by atoms with Gasteiger partial charge in [-0.15, -0.1) is 0 Å². The number of nitro benzene ring substituents is 1. The summed E-state index contributed by atoms with van der Waals surface area (Å²) in [5, 5.41) is 17.1. The molecule has 1 saturated heterocycles. The first-order chi connectivity index (χ1) is 9.15. The van der Waals surface area contributed by atoms with Gasteiger partial charge in [0.1, 0.15) is 0 Å². The molecule has 0 aliphatic carbocycles. The third-order valence-electron chi connectivity index (χ3n) is 2.83. The Balaban J connectivity index is 1.84. The highest BCUT2D eigenvalue weighted by molar-refractivity contribution is 7.80. The molecule has 7 heteroatoms. The molecule has 1 aliphatic rings. The number of benzene rings is 1. The third kappa shape index (κ3) is 4.15. The van der Waals surface area contributed by atoms with E-state index in [0.717, 1.165) is 19.4 Å². The average Bonchev–Trinajstić information content (AvgIpc) is 2.90. The van der Waals surface area contributed by atoms with Crippen molar-refractivity contribution in [1.29, 1.82) is 0 Å². The zero-order valence-electron chi connectivity index (χ0n) is 10.3. The third-order valence-corrected chi connectivity index (χ3v) is 3.08. The summed E-state index contributed by atoms with van der Waals surface area (Å²) < 4.78 is 5.46. The van der Waals surface area contributed by atoms with Crippen molar-refractivity contribution in [2.45, 2.75) is 18.9 Å². The van der Waals surface area contributed by atoms with Crippen LogP contribution in [0.25, 0.3) is 0 Å². The van der Waals surface area contributed by atoms with Crippen molar-refractivity contribution in [3.63, 3.8) is 0 Å². The topological polar surface area (TPSA) is 76.4 Å². The van der Waals surface area contributed by atoms with Gasteiger partial charge in [0.05, 0.1) is 11.0 Å². The zero-order chi connectivity index (χ0) is 13.7. The SMILES string of the molecule is O=[N+]([O-])c1cccc(NC(=S)NCC2CCCO2)c1. The predicted molar refractivity (Wildman–Crippen MR) is 76.3 cm³/mol. The maximum atomic E-state index is 10.7. The Morgan fingerprint density at radius 1 is 1.58 bits per heavy atom. The standard InChI is InChI=1S/C12H15N3O3S/c16-15(17)10-4-1-3-9(7-10)14-12(19)13-8-11-5-2-6-18-11/h1,3-4,7,11H,2,5-6,8H2,(H2,13,14,19). The van der Waals surface area contributed by atoms with Gasteiger partial charge in [0.2, 0.25) is 0 Å². The van der Waals surface area contributed by atoms with E-state index in [0.29, 0.717) is 17.3 Å². The highest BCUT2D eigenvalue weighted by Gasteiger charge is 2.15. The van der Waals surface area contributed by atoms with Crippen molar-refractivity contribution in [2.75, 3.05) is 18.5 Å². The second-order valence-corrected chi connectivity index (χ2v) is 4.69. The molecular weight excluding hydrogens is 266 g/mol. The molecule has 1 unspecified atom stereocenters. The number of nitro groups is 1. The van der Waals surface area contributed by atoms with Gasteiger partial charge >= 0.3 is 0 Å². The molecule has 0 radical (unpaired) electrons. The predicted octanol–water partition coefficient (Wildman–Crippen LogP) is 2.06. The van der Waals surface area contributed by atoms with Crippen molar-refractivity contribution in [3.05, 3.63) is 34.4 Å². The molecule has 6 nitrogen and oxygen atoms in total. The lowest BCUT2D eigenvalue weighted by Crippen LogP contribution is -2.34. The lowest BCUT2D eigenvalue weighted by Gasteiger charge is -2.13. The first kappa shape index (κ1) is 13.7. The van der Waals surface area contributed by atoms with E-state index >= 15 is 0 Å². The summed E-state index contributed by atoms with van der Waals surface area (Å²) in [6.45, 7) is 1.46. The minimum Gasteiger partial charge on any atom is -0.376 e. The maximum absolute atomic E-state index is 10.7.